The van der Waals surface area contributed by atoms with Crippen LogP contribution in [-0.2, 0) is 0 Å². The number of amides is 1. The van der Waals surface area contributed by atoms with Gasteiger partial charge >= 0.3 is 0 Å². The average molecular weight is 338 g/mol. The van der Waals surface area contributed by atoms with Crippen LogP contribution < -0.4 is 10.6 Å². The maximum Gasteiger partial charge on any atom is 0.278 e. The van der Waals surface area contributed by atoms with Crippen molar-refractivity contribution in [2.24, 2.45) is 0 Å². The molecule has 6 nitrogen and oxygen atoms in total. The molecule has 0 aliphatic carbocycles. The minimum atomic E-state index is -0.584. The molecule has 122 valence electrons. The van der Waals surface area contributed by atoms with Gasteiger partial charge in [0.1, 0.15) is 5.82 Å². The van der Waals surface area contributed by atoms with E-state index in [1.807, 2.05) is 6.92 Å². The highest BCUT2D eigenvalue weighted by Crippen LogP contribution is 2.22. The molecular weight excluding hydrogens is 321 g/mol. The van der Waals surface area contributed by atoms with Gasteiger partial charge in [-0.1, -0.05) is 16.8 Å². The van der Waals surface area contributed by atoms with Crippen LogP contribution in [0.2, 0.25) is 5.02 Å². The minimum absolute atomic E-state index is 0.0102. The Hall–Kier alpha value is -1.99. The van der Waals surface area contributed by atoms with Gasteiger partial charge in [-0.15, -0.1) is 5.10 Å². The number of hydrogen-bond acceptors (Lipinski definition) is 4. The van der Waals surface area contributed by atoms with E-state index in [0.29, 0.717) is 11.4 Å². The molecule has 1 aliphatic heterocycles. The number of piperidine rings is 1. The highest BCUT2D eigenvalue weighted by Gasteiger charge is 2.23. The third-order valence-electron chi connectivity index (χ3n) is 3.97. The summed E-state index contributed by atoms with van der Waals surface area (Å²) in [4.78, 5) is 12.3. The van der Waals surface area contributed by atoms with Crippen LogP contribution in [0.5, 0.6) is 0 Å². The lowest BCUT2D eigenvalue weighted by Crippen LogP contribution is -2.30. The highest BCUT2D eigenvalue weighted by atomic mass is 35.5. The fourth-order valence-electron chi connectivity index (χ4n) is 2.71. The molecular formula is C15H17ClFN5O. The second-order valence-electron chi connectivity index (χ2n) is 5.53. The molecule has 1 aliphatic rings. The van der Waals surface area contributed by atoms with Crippen LogP contribution in [0.3, 0.4) is 0 Å². The topological polar surface area (TPSA) is 71.8 Å². The molecule has 0 radical (unpaired) electrons. The van der Waals surface area contributed by atoms with Crippen LogP contribution in [0.4, 0.5) is 10.1 Å². The standard InChI is InChI=1S/C15H17ClFN5O/c1-9-14(20-21-22(9)11-4-6-18-7-5-11)15(23)19-10-2-3-12(16)13(17)8-10/h2-3,8,11,18H,4-7H2,1H3,(H,19,23). The van der Waals surface area contributed by atoms with E-state index in [2.05, 4.69) is 20.9 Å². The van der Waals surface area contributed by atoms with E-state index in [-0.39, 0.29) is 16.8 Å². The van der Waals surface area contributed by atoms with Gasteiger partial charge in [-0.3, -0.25) is 4.79 Å². The zero-order valence-corrected chi connectivity index (χ0v) is 13.4. The number of hydrogen-bond donors (Lipinski definition) is 2. The van der Waals surface area contributed by atoms with Gasteiger partial charge in [-0.05, 0) is 51.1 Å². The molecule has 0 spiro atoms. The molecule has 1 amide bonds. The summed E-state index contributed by atoms with van der Waals surface area (Å²) in [5, 5.41) is 14.0. The summed E-state index contributed by atoms with van der Waals surface area (Å²) >= 11 is 5.63. The van der Waals surface area contributed by atoms with E-state index in [9.17, 15) is 9.18 Å². The number of aromatic nitrogens is 3. The molecule has 0 bridgehead atoms. The van der Waals surface area contributed by atoms with Crippen molar-refractivity contribution in [2.75, 3.05) is 18.4 Å². The Labute approximate surface area is 138 Å². The summed E-state index contributed by atoms with van der Waals surface area (Å²) in [6.45, 7) is 3.67. The third kappa shape index (κ3) is 3.35. The maximum atomic E-state index is 13.4. The molecule has 0 saturated carbocycles. The van der Waals surface area contributed by atoms with Gasteiger partial charge in [0.05, 0.1) is 16.8 Å². The molecule has 23 heavy (non-hydrogen) atoms. The lowest BCUT2D eigenvalue weighted by Gasteiger charge is -2.23. The molecule has 1 aromatic heterocycles. The number of nitrogens with one attached hydrogen (secondary N) is 2. The van der Waals surface area contributed by atoms with Crippen molar-refractivity contribution < 1.29 is 9.18 Å². The molecule has 0 atom stereocenters. The number of benzene rings is 1. The molecule has 2 N–H and O–H groups in total. The second kappa shape index (κ2) is 6.64. The van der Waals surface area contributed by atoms with Gasteiger partial charge in [0.25, 0.3) is 5.91 Å². The van der Waals surface area contributed by atoms with Gasteiger partial charge < -0.3 is 10.6 Å². The fraction of sp³-hybridized carbons (Fsp3) is 0.400. The van der Waals surface area contributed by atoms with Crippen LogP contribution in [0.15, 0.2) is 18.2 Å². The van der Waals surface area contributed by atoms with Crippen molar-refractivity contribution in [2.45, 2.75) is 25.8 Å². The Morgan fingerprint density at radius 1 is 1.43 bits per heavy atom. The first-order chi connectivity index (χ1) is 11.1. The predicted octanol–water partition coefficient (Wildman–Crippen LogP) is 2.56. The van der Waals surface area contributed by atoms with Crippen LogP contribution >= 0.6 is 11.6 Å². The van der Waals surface area contributed by atoms with E-state index in [0.717, 1.165) is 25.9 Å². The van der Waals surface area contributed by atoms with Crippen LogP contribution in [-0.4, -0.2) is 34.0 Å². The summed E-state index contributed by atoms with van der Waals surface area (Å²) in [5.41, 5.74) is 1.29. The van der Waals surface area contributed by atoms with E-state index in [1.54, 1.807) is 4.68 Å². The molecule has 2 heterocycles. The van der Waals surface area contributed by atoms with Crippen molar-refractivity contribution in [3.63, 3.8) is 0 Å². The number of halogens is 2. The Morgan fingerprint density at radius 2 is 2.17 bits per heavy atom. The van der Waals surface area contributed by atoms with E-state index in [4.69, 9.17) is 11.6 Å². The number of anilines is 1. The molecule has 1 fully saturated rings. The zero-order valence-electron chi connectivity index (χ0n) is 12.6. The smallest absolute Gasteiger partial charge is 0.278 e. The molecule has 2 aromatic rings. The van der Waals surface area contributed by atoms with Crippen molar-refractivity contribution in [3.8, 4) is 0 Å². The third-order valence-corrected chi connectivity index (χ3v) is 4.28. The Morgan fingerprint density at radius 3 is 2.87 bits per heavy atom. The van der Waals surface area contributed by atoms with Gasteiger partial charge in [-0.2, -0.15) is 0 Å². The summed E-state index contributed by atoms with van der Waals surface area (Å²) < 4.78 is 15.2. The van der Waals surface area contributed by atoms with Crippen molar-refractivity contribution in [3.05, 3.63) is 40.4 Å². The molecule has 1 aromatic carbocycles. The van der Waals surface area contributed by atoms with Crippen LogP contribution in [0.1, 0.15) is 35.1 Å². The summed E-state index contributed by atoms with van der Waals surface area (Å²) in [7, 11) is 0. The van der Waals surface area contributed by atoms with Crippen molar-refractivity contribution in [1.29, 1.82) is 0 Å². The molecule has 8 heteroatoms. The predicted molar refractivity (Wildman–Crippen MR) is 85.3 cm³/mol. The summed E-state index contributed by atoms with van der Waals surface area (Å²) in [6, 6.07) is 4.35. The molecule has 1 saturated heterocycles. The molecule has 3 rings (SSSR count). The number of nitrogens with zero attached hydrogens (tertiary/aromatic N) is 3. The molecule has 0 unspecified atom stereocenters. The van der Waals surface area contributed by atoms with E-state index in [1.165, 1.54) is 18.2 Å². The summed E-state index contributed by atoms with van der Waals surface area (Å²) in [5.74, 6) is -0.996. The lowest BCUT2D eigenvalue weighted by atomic mass is 10.1. The quantitative estimate of drug-likeness (QED) is 0.903. The Balaban J connectivity index is 1.77. The van der Waals surface area contributed by atoms with Crippen LogP contribution in [0, 0.1) is 12.7 Å². The van der Waals surface area contributed by atoms with E-state index >= 15 is 0 Å². The Kier molecular flexibility index (Phi) is 4.58. The number of carbonyl (C=O) groups is 1. The second-order valence-corrected chi connectivity index (χ2v) is 5.94. The minimum Gasteiger partial charge on any atom is -0.320 e. The van der Waals surface area contributed by atoms with Crippen LogP contribution in [0.25, 0.3) is 0 Å². The largest absolute Gasteiger partial charge is 0.320 e. The zero-order chi connectivity index (χ0) is 16.4. The lowest BCUT2D eigenvalue weighted by molar-refractivity contribution is 0.102. The first kappa shape index (κ1) is 15.9. The van der Waals surface area contributed by atoms with Gasteiger partial charge in [-0.25, -0.2) is 9.07 Å². The van der Waals surface area contributed by atoms with Gasteiger partial charge in [0.2, 0.25) is 0 Å². The fourth-order valence-corrected chi connectivity index (χ4v) is 2.83. The number of carbonyl (C=O) groups excluding carboxylic acids is 1. The first-order valence-electron chi connectivity index (χ1n) is 7.45. The monoisotopic (exact) mass is 337 g/mol. The summed E-state index contributed by atoms with van der Waals surface area (Å²) in [6.07, 6.45) is 1.90. The normalized spacial score (nSPS) is 15.6. The van der Waals surface area contributed by atoms with Crippen molar-refractivity contribution >= 4 is 23.2 Å². The number of rotatable bonds is 3. The SMILES string of the molecule is Cc1c(C(=O)Nc2ccc(Cl)c(F)c2)nnn1C1CCNCC1. The first-order valence-corrected chi connectivity index (χ1v) is 7.83. The van der Waals surface area contributed by atoms with Gasteiger partial charge in [0, 0.05) is 5.69 Å². The van der Waals surface area contributed by atoms with E-state index < -0.39 is 11.7 Å². The maximum absolute atomic E-state index is 13.4. The Bertz CT molecular complexity index is 727. The van der Waals surface area contributed by atoms with Gasteiger partial charge in [0.15, 0.2) is 5.69 Å². The van der Waals surface area contributed by atoms with Crippen molar-refractivity contribution in [1.82, 2.24) is 20.3 Å². The highest BCUT2D eigenvalue weighted by molar-refractivity contribution is 6.30. The average Bonchev–Trinajstić information content (AvgIpc) is 2.93.